The van der Waals surface area contributed by atoms with E-state index in [4.69, 9.17) is 4.74 Å². The van der Waals surface area contributed by atoms with Gasteiger partial charge in [0.2, 0.25) is 0 Å². The molecule has 0 aliphatic carbocycles. The van der Waals surface area contributed by atoms with Crippen LogP contribution in [0.25, 0.3) is 0 Å². The third-order valence-corrected chi connectivity index (χ3v) is 4.64. The standard InChI is InChI=1S/C11H13N3O4S/c15-9(8-3-12-13-19-8)14-4-7-5-18-2-1-11(7,6-14)10(16)17/h3,7H,1-2,4-6H2,(H,16,17)/t7-,11+/m0/s1. The van der Waals surface area contributed by atoms with E-state index < -0.39 is 11.4 Å². The number of carbonyl (C=O) groups is 2. The fourth-order valence-corrected chi connectivity index (χ4v) is 3.36. The zero-order valence-electron chi connectivity index (χ0n) is 10.1. The molecule has 1 aromatic rings. The van der Waals surface area contributed by atoms with Crippen molar-refractivity contribution in [3.8, 4) is 0 Å². The Morgan fingerprint density at radius 2 is 2.42 bits per heavy atom. The summed E-state index contributed by atoms with van der Waals surface area (Å²) in [5, 5.41) is 13.2. The van der Waals surface area contributed by atoms with Crippen molar-refractivity contribution < 1.29 is 19.4 Å². The minimum absolute atomic E-state index is 0.136. The molecule has 0 unspecified atom stereocenters. The fraction of sp³-hybridized carbons (Fsp3) is 0.636. The first kappa shape index (κ1) is 12.5. The number of carboxylic acid groups (broad SMARTS) is 1. The van der Waals surface area contributed by atoms with E-state index in [9.17, 15) is 14.7 Å². The van der Waals surface area contributed by atoms with Crippen molar-refractivity contribution in [1.82, 2.24) is 14.5 Å². The number of carboxylic acids is 1. The lowest BCUT2D eigenvalue weighted by molar-refractivity contribution is -0.157. The number of rotatable bonds is 2. The van der Waals surface area contributed by atoms with Crippen LogP contribution in [0.4, 0.5) is 0 Å². The molecule has 0 bridgehead atoms. The number of ether oxygens (including phenoxy) is 1. The van der Waals surface area contributed by atoms with Gasteiger partial charge in [-0.1, -0.05) is 4.49 Å². The van der Waals surface area contributed by atoms with E-state index in [1.807, 2.05) is 0 Å². The Morgan fingerprint density at radius 3 is 3.05 bits per heavy atom. The molecular formula is C11H13N3O4S. The van der Waals surface area contributed by atoms with Crippen LogP contribution < -0.4 is 0 Å². The Bertz CT molecular complexity index is 506. The largest absolute Gasteiger partial charge is 0.481 e. The highest BCUT2D eigenvalue weighted by Gasteiger charge is 2.55. The Kier molecular flexibility index (Phi) is 2.98. The molecule has 7 nitrogen and oxygen atoms in total. The summed E-state index contributed by atoms with van der Waals surface area (Å²) in [6.07, 6.45) is 1.87. The van der Waals surface area contributed by atoms with Crippen LogP contribution in [0.3, 0.4) is 0 Å². The molecule has 102 valence electrons. The maximum absolute atomic E-state index is 12.2. The molecule has 2 fully saturated rings. The van der Waals surface area contributed by atoms with Gasteiger partial charge in [-0.3, -0.25) is 9.59 Å². The van der Waals surface area contributed by atoms with Crippen molar-refractivity contribution in [3.05, 3.63) is 11.1 Å². The van der Waals surface area contributed by atoms with E-state index in [1.54, 1.807) is 4.90 Å². The third-order valence-electron chi connectivity index (χ3n) is 3.99. The number of likely N-dealkylation sites (tertiary alicyclic amines) is 1. The lowest BCUT2D eigenvalue weighted by Crippen LogP contribution is -2.45. The predicted octanol–water partition coefficient (Wildman–Crippen LogP) is 0.101. The summed E-state index contributed by atoms with van der Waals surface area (Å²) in [5.74, 6) is -1.16. The monoisotopic (exact) mass is 283 g/mol. The van der Waals surface area contributed by atoms with Gasteiger partial charge in [0.05, 0.1) is 18.2 Å². The average molecular weight is 283 g/mol. The van der Waals surface area contributed by atoms with Gasteiger partial charge in [-0.05, 0) is 18.0 Å². The number of aromatic nitrogens is 2. The summed E-state index contributed by atoms with van der Waals surface area (Å²) in [6, 6.07) is 0. The molecule has 0 saturated carbocycles. The van der Waals surface area contributed by atoms with E-state index in [0.29, 0.717) is 31.1 Å². The Balaban J connectivity index is 1.84. The minimum Gasteiger partial charge on any atom is -0.481 e. The molecule has 3 heterocycles. The molecule has 2 atom stereocenters. The van der Waals surface area contributed by atoms with Crippen LogP contribution in [-0.4, -0.2) is 57.8 Å². The van der Waals surface area contributed by atoms with Crippen molar-refractivity contribution in [2.75, 3.05) is 26.3 Å². The number of hydrogen-bond donors (Lipinski definition) is 1. The van der Waals surface area contributed by atoms with Crippen molar-refractivity contribution in [2.45, 2.75) is 6.42 Å². The topological polar surface area (TPSA) is 92.6 Å². The molecule has 0 aromatic carbocycles. The second-order valence-electron chi connectivity index (χ2n) is 4.95. The minimum atomic E-state index is -0.855. The summed E-state index contributed by atoms with van der Waals surface area (Å²) in [6.45, 7) is 1.50. The van der Waals surface area contributed by atoms with Crippen molar-refractivity contribution in [1.29, 1.82) is 0 Å². The Morgan fingerprint density at radius 1 is 1.58 bits per heavy atom. The quantitative estimate of drug-likeness (QED) is 0.827. The zero-order chi connectivity index (χ0) is 13.5. The highest BCUT2D eigenvalue weighted by molar-refractivity contribution is 7.07. The van der Waals surface area contributed by atoms with Gasteiger partial charge >= 0.3 is 5.97 Å². The van der Waals surface area contributed by atoms with Gasteiger partial charge in [0.15, 0.2) is 0 Å². The molecule has 8 heteroatoms. The van der Waals surface area contributed by atoms with E-state index in [2.05, 4.69) is 9.59 Å². The molecule has 0 spiro atoms. The van der Waals surface area contributed by atoms with E-state index in [0.717, 1.165) is 11.5 Å². The fourth-order valence-electron chi connectivity index (χ4n) is 2.87. The smallest absolute Gasteiger partial charge is 0.311 e. The third kappa shape index (κ3) is 1.91. The molecule has 2 aliphatic heterocycles. The maximum Gasteiger partial charge on any atom is 0.311 e. The first-order valence-electron chi connectivity index (χ1n) is 6.01. The molecule has 1 amide bonds. The average Bonchev–Trinajstić information content (AvgIpc) is 3.05. The number of fused-ring (bicyclic) bond motifs is 1. The van der Waals surface area contributed by atoms with Gasteiger partial charge in [0.25, 0.3) is 5.91 Å². The second kappa shape index (κ2) is 4.53. The highest BCUT2D eigenvalue weighted by atomic mass is 32.1. The van der Waals surface area contributed by atoms with Gasteiger partial charge in [-0.15, -0.1) is 5.10 Å². The zero-order valence-corrected chi connectivity index (χ0v) is 10.9. The van der Waals surface area contributed by atoms with Gasteiger partial charge in [0, 0.05) is 25.6 Å². The SMILES string of the molecule is O=C(c1cnns1)N1C[C@H]2COCC[C@@]2(C(=O)O)C1. The van der Waals surface area contributed by atoms with Crippen LogP contribution in [0.5, 0.6) is 0 Å². The molecule has 2 aliphatic rings. The van der Waals surface area contributed by atoms with Crippen molar-refractivity contribution in [3.63, 3.8) is 0 Å². The number of carbonyl (C=O) groups excluding carboxylic acids is 1. The van der Waals surface area contributed by atoms with Crippen LogP contribution in [-0.2, 0) is 9.53 Å². The second-order valence-corrected chi connectivity index (χ2v) is 5.74. The highest BCUT2D eigenvalue weighted by Crippen LogP contribution is 2.42. The van der Waals surface area contributed by atoms with E-state index in [-0.39, 0.29) is 18.4 Å². The van der Waals surface area contributed by atoms with Crippen LogP contribution >= 0.6 is 11.5 Å². The summed E-state index contributed by atoms with van der Waals surface area (Å²) in [4.78, 5) is 25.9. The molecule has 1 aromatic heterocycles. The van der Waals surface area contributed by atoms with Gasteiger partial charge in [-0.2, -0.15) is 0 Å². The number of hydrogen-bond acceptors (Lipinski definition) is 6. The lowest BCUT2D eigenvalue weighted by atomic mass is 9.74. The molecule has 2 saturated heterocycles. The predicted molar refractivity (Wildman–Crippen MR) is 64.8 cm³/mol. The molecule has 19 heavy (non-hydrogen) atoms. The number of aliphatic carboxylic acids is 1. The van der Waals surface area contributed by atoms with Crippen molar-refractivity contribution in [2.24, 2.45) is 11.3 Å². The summed E-state index contributed by atoms with van der Waals surface area (Å²) in [7, 11) is 0. The first-order valence-corrected chi connectivity index (χ1v) is 6.78. The molecule has 3 rings (SSSR count). The normalized spacial score (nSPS) is 30.1. The van der Waals surface area contributed by atoms with Crippen LogP contribution in [0.15, 0.2) is 6.20 Å². The van der Waals surface area contributed by atoms with E-state index in [1.165, 1.54) is 6.20 Å². The van der Waals surface area contributed by atoms with Crippen LogP contribution in [0.2, 0.25) is 0 Å². The van der Waals surface area contributed by atoms with Gasteiger partial charge in [0.1, 0.15) is 4.88 Å². The van der Waals surface area contributed by atoms with Crippen LogP contribution in [0, 0.1) is 11.3 Å². The Hall–Kier alpha value is -1.54. The summed E-state index contributed by atoms with van der Waals surface area (Å²) < 4.78 is 9.01. The lowest BCUT2D eigenvalue weighted by Gasteiger charge is -2.33. The molecule has 0 radical (unpaired) electrons. The maximum atomic E-state index is 12.2. The molecular weight excluding hydrogens is 270 g/mol. The van der Waals surface area contributed by atoms with Crippen molar-refractivity contribution >= 4 is 23.4 Å². The van der Waals surface area contributed by atoms with Crippen LogP contribution in [0.1, 0.15) is 16.1 Å². The Labute approximate surface area is 113 Å². The van der Waals surface area contributed by atoms with Gasteiger partial charge in [-0.25, -0.2) is 0 Å². The molecule has 1 N–H and O–H groups in total. The van der Waals surface area contributed by atoms with E-state index >= 15 is 0 Å². The first-order chi connectivity index (χ1) is 9.13. The van der Waals surface area contributed by atoms with Gasteiger partial charge < -0.3 is 14.7 Å². The summed E-state index contributed by atoms with van der Waals surface area (Å²) in [5.41, 5.74) is -0.855. The summed E-state index contributed by atoms with van der Waals surface area (Å²) >= 11 is 1.03. The number of nitrogens with zero attached hydrogens (tertiary/aromatic N) is 3. The number of amides is 1.